The SMILES string of the molecule is Cc1cc(Cl)ccc1OCCCC(=O)Nc1nnc(C2CC(=O)N(c3ccccc3)C2)s1. The highest BCUT2D eigenvalue weighted by molar-refractivity contribution is 7.15. The Labute approximate surface area is 195 Å². The molecule has 0 radical (unpaired) electrons. The van der Waals surface area contributed by atoms with Crippen LogP contribution in [0.3, 0.4) is 0 Å². The Kier molecular flexibility index (Phi) is 7.02. The number of hydrogen-bond acceptors (Lipinski definition) is 6. The zero-order valence-corrected chi connectivity index (χ0v) is 19.2. The Balaban J connectivity index is 1.24. The molecule has 0 bridgehead atoms. The molecule has 1 aliphatic heterocycles. The maximum absolute atomic E-state index is 12.4. The summed E-state index contributed by atoms with van der Waals surface area (Å²) in [6.07, 6.45) is 1.27. The van der Waals surface area contributed by atoms with Crippen LogP contribution in [0, 0.1) is 6.92 Å². The molecule has 9 heteroatoms. The minimum absolute atomic E-state index is 0.0260. The quantitative estimate of drug-likeness (QED) is 0.477. The Morgan fingerprint density at radius 1 is 1.25 bits per heavy atom. The Morgan fingerprint density at radius 3 is 2.84 bits per heavy atom. The second-order valence-corrected chi connectivity index (χ2v) is 9.04. The highest BCUT2D eigenvalue weighted by Gasteiger charge is 2.33. The number of nitrogens with one attached hydrogen (secondary N) is 1. The van der Waals surface area contributed by atoms with Gasteiger partial charge in [0.15, 0.2) is 0 Å². The van der Waals surface area contributed by atoms with Crippen molar-refractivity contribution in [3.05, 3.63) is 64.1 Å². The number of ether oxygens (including phenoxy) is 1. The highest BCUT2D eigenvalue weighted by atomic mass is 35.5. The maximum Gasteiger partial charge on any atom is 0.227 e. The van der Waals surface area contributed by atoms with E-state index in [4.69, 9.17) is 16.3 Å². The first kappa shape index (κ1) is 22.2. The van der Waals surface area contributed by atoms with E-state index in [2.05, 4.69) is 15.5 Å². The number of rotatable bonds is 8. The Morgan fingerprint density at radius 2 is 2.06 bits per heavy atom. The topological polar surface area (TPSA) is 84.4 Å². The molecule has 166 valence electrons. The average Bonchev–Trinajstić information content (AvgIpc) is 3.39. The molecule has 1 atom stereocenters. The van der Waals surface area contributed by atoms with E-state index in [1.165, 1.54) is 11.3 Å². The van der Waals surface area contributed by atoms with Crippen molar-refractivity contribution in [2.45, 2.75) is 32.1 Å². The van der Waals surface area contributed by atoms with Gasteiger partial charge in [0.2, 0.25) is 16.9 Å². The zero-order valence-electron chi connectivity index (χ0n) is 17.6. The van der Waals surface area contributed by atoms with Crippen molar-refractivity contribution in [2.75, 3.05) is 23.4 Å². The number of anilines is 2. The van der Waals surface area contributed by atoms with Gasteiger partial charge >= 0.3 is 0 Å². The average molecular weight is 471 g/mol. The number of carbonyl (C=O) groups excluding carboxylic acids is 2. The summed E-state index contributed by atoms with van der Waals surface area (Å²) >= 11 is 7.27. The highest BCUT2D eigenvalue weighted by Crippen LogP contribution is 2.34. The van der Waals surface area contributed by atoms with Crippen LogP contribution in [0.5, 0.6) is 5.75 Å². The van der Waals surface area contributed by atoms with E-state index >= 15 is 0 Å². The molecular formula is C23H23ClN4O3S. The van der Waals surface area contributed by atoms with E-state index < -0.39 is 0 Å². The number of para-hydroxylation sites is 1. The van der Waals surface area contributed by atoms with Gasteiger partial charge in [-0.05, 0) is 49.2 Å². The lowest BCUT2D eigenvalue weighted by molar-refractivity contribution is -0.117. The van der Waals surface area contributed by atoms with Gasteiger partial charge in [0.25, 0.3) is 0 Å². The van der Waals surface area contributed by atoms with Gasteiger partial charge in [-0.2, -0.15) is 0 Å². The van der Waals surface area contributed by atoms with Crippen LogP contribution in [0.2, 0.25) is 5.02 Å². The summed E-state index contributed by atoms with van der Waals surface area (Å²) in [5.41, 5.74) is 1.84. The molecule has 1 N–H and O–H groups in total. The fraction of sp³-hybridized carbons (Fsp3) is 0.304. The van der Waals surface area contributed by atoms with Crippen molar-refractivity contribution >= 4 is 45.6 Å². The van der Waals surface area contributed by atoms with Gasteiger partial charge in [-0.1, -0.05) is 41.1 Å². The van der Waals surface area contributed by atoms with Crippen LogP contribution in [-0.4, -0.2) is 35.2 Å². The lowest BCUT2D eigenvalue weighted by Crippen LogP contribution is -2.24. The normalized spacial score (nSPS) is 15.8. The van der Waals surface area contributed by atoms with E-state index in [1.807, 2.05) is 49.4 Å². The van der Waals surface area contributed by atoms with Gasteiger partial charge in [0.1, 0.15) is 10.8 Å². The van der Waals surface area contributed by atoms with E-state index in [1.54, 1.807) is 11.0 Å². The van der Waals surface area contributed by atoms with Gasteiger partial charge in [0, 0.05) is 36.0 Å². The second-order valence-electron chi connectivity index (χ2n) is 7.60. The first-order valence-electron chi connectivity index (χ1n) is 10.4. The summed E-state index contributed by atoms with van der Waals surface area (Å²) in [7, 11) is 0. The van der Waals surface area contributed by atoms with Crippen molar-refractivity contribution in [1.29, 1.82) is 0 Å². The molecule has 0 aliphatic carbocycles. The van der Waals surface area contributed by atoms with Gasteiger partial charge < -0.3 is 15.0 Å². The number of benzene rings is 2. The lowest BCUT2D eigenvalue weighted by Gasteiger charge is -2.15. The monoisotopic (exact) mass is 470 g/mol. The maximum atomic E-state index is 12.4. The van der Waals surface area contributed by atoms with Gasteiger partial charge in [-0.15, -0.1) is 10.2 Å². The largest absolute Gasteiger partial charge is 0.493 e. The number of hydrogen-bond donors (Lipinski definition) is 1. The molecule has 0 saturated carbocycles. The van der Waals surface area contributed by atoms with E-state index in [0.717, 1.165) is 22.0 Å². The fourth-order valence-corrected chi connectivity index (χ4v) is 4.63. The van der Waals surface area contributed by atoms with E-state index in [0.29, 0.717) is 42.6 Å². The first-order chi connectivity index (χ1) is 15.5. The molecule has 1 aromatic heterocycles. The number of carbonyl (C=O) groups is 2. The predicted octanol–water partition coefficient (Wildman–Crippen LogP) is 4.82. The molecule has 2 aromatic carbocycles. The van der Waals surface area contributed by atoms with Crippen LogP contribution in [-0.2, 0) is 9.59 Å². The fourth-order valence-electron chi connectivity index (χ4n) is 3.55. The second kappa shape index (κ2) is 10.1. The number of aromatic nitrogens is 2. The third kappa shape index (κ3) is 5.44. The number of nitrogens with zero attached hydrogens (tertiary/aromatic N) is 3. The van der Waals surface area contributed by atoms with E-state index in [9.17, 15) is 9.59 Å². The molecule has 3 aromatic rings. The summed E-state index contributed by atoms with van der Waals surface area (Å²) in [5, 5.41) is 13.0. The molecule has 32 heavy (non-hydrogen) atoms. The van der Waals surface area contributed by atoms with Gasteiger partial charge in [-0.3, -0.25) is 9.59 Å². The standard InChI is InChI=1S/C23H23ClN4O3S/c1-15-12-17(24)9-10-19(15)31-11-5-8-20(29)25-23-27-26-22(32-23)16-13-21(30)28(14-16)18-6-3-2-4-7-18/h2-4,6-7,9-10,12,16H,5,8,11,13-14H2,1H3,(H,25,27,29). The molecule has 2 heterocycles. The lowest BCUT2D eigenvalue weighted by atomic mass is 10.1. The number of aryl methyl sites for hydroxylation is 1. The molecule has 0 spiro atoms. The third-order valence-electron chi connectivity index (χ3n) is 5.17. The van der Waals surface area contributed by atoms with Crippen LogP contribution in [0.1, 0.15) is 35.8 Å². The van der Waals surface area contributed by atoms with Gasteiger partial charge in [0.05, 0.1) is 6.61 Å². The van der Waals surface area contributed by atoms with Crippen molar-refractivity contribution in [2.24, 2.45) is 0 Å². The molecule has 7 nitrogen and oxygen atoms in total. The van der Waals surface area contributed by atoms with Gasteiger partial charge in [-0.25, -0.2) is 0 Å². The number of amides is 2. The first-order valence-corrected chi connectivity index (χ1v) is 11.6. The summed E-state index contributed by atoms with van der Waals surface area (Å²) in [6, 6.07) is 15.0. The Hall–Kier alpha value is -2.97. The molecule has 4 rings (SSSR count). The van der Waals surface area contributed by atoms with Crippen molar-refractivity contribution in [3.8, 4) is 5.75 Å². The van der Waals surface area contributed by atoms with Crippen LogP contribution < -0.4 is 15.0 Å². The van der Waals surface area contributed by atoms with Crippen molar-refractivity contribution in [1.82, 2.24) is 10.2 Å². The molecular weight excluding hydrogens is 448 g/mol. The summed E-state index contributed by atoms with van der Waals surface area (Å²) in [5.74, 6) is 0.663. The summed E-state index contributed by atoms with van der Waals surface area (Å²) < 4.78 is 5.72. The van der Waals surface area contributed by atoms with Crippen LogP contribution in [0.25, 0.3) is 0 Å². The Bertz CT molecular complexity index is 1110. The van der Waals surface area contributed by atoms with Crippen LogP contribution in [0.4, 0.5) is 10.8 Å². The minimum atomic E-state index is -0.141. The molecule has 2 amide bonds. The summed E-state index contributed by atoms with van der Waals surface area (Å²) in [6.45, 7) is 2.92. The number of halogens is 1. The predicted molar refractivity (Wildman–Crippen MR) is 126 cm³/mol. The zero-order chi connectivity index (χ0) is 22.5. The molecule has 1 aliphatic rings. The minimum Gasteiger partial charge on any atom is -0.493 e. The smallest absolute Gasteiger partial charge is 0.227 e. The molecule has 1 saturated heterocycles. The summed E-state index contributed by atoms with van der Waals surface area (Å²) in [4.78, 5) is 26.4. The van der Waals surface area contributed by atoms with Crippen LogP contribution in [0.15, 0.2) is 48.5 Å². The van der Waals surface area contributed by atoms with Crippen molar-refractivity contribution < 1.29 is 14.3 Å². The third-order valence-corrected chi connectivity index (χ3v) is 6.41. The van der Waals surface area contributed by atoms with E-state index in [-0.39, 0.29) is 17.7 Å². The van der Waals surface area contributed by atoms with Crippen LogP contribution >= 0.6 is 22.9 Å². The molecule has 1 unspecified atom stereocenters. The van der Waals surface area contributed by atoms with Crippen molar-refractivity contribution in [3.63, 3.8) is 0 Å². The molecule has 1 fully saturated rings.